The number of methoxy groups -OCH3 is 1. The van der Waals surface area contributed by atoms with Crippen molar-refractivity contribution in [2.45, 2.75) is 33.1 Å². The third-order valence-corrected chi connectivity index (χ3v) is 5.19. The lowest BCUT2D eigenvalue weighted by atomic mass is 9.85. The summed E-state index contributed by atoms with van der Waals surface area (Å²) in [5.41, 5.74) is 3.82. The van der Waals surface area contributed by atoms with Gasteiger partial charge in [-0.1, -0.05) is 50.6 Å². The average molecular weight is 411 g/mol. The highest BCUT2D eigenvalue weighted by Gasteiger charge is 2.20. The molecule has 0 spiro atoms. The Balaban J connectivity index is 1.66. The normalized spacial score (nSPS) is 11.2. The summed E-state index contributed by atoms with van der Waals surface area (Å²) in [6.07, 6.45) is 0. The monoisotopic (exact) mass is 410 g/mol. The predicted molar refractivity (Wildman–Crippen MR) is 118 cm³/mol. The van der Waals surface area contributed by atoms with Gasteiger partial charge in [0.05, 0.1) is 12.8 Å². The van der Waals surface area contributed by atoms with Gasteiger partial charge < -0.3 is 9.47 Å². The molecule has 1 amide bonds. The summed E-state index contributed by atoms with van der Waals surface area (Å²) in [4.78, 5) is 16.9. The first-order valence-electron chi connectivity index (χ1n) is 9.40. The zero-order valence-electron chi connectivity index (χ0n) is 17.4. The van der Waals surface area contributed by atoms with Crippen molar-refractivity contribution in [1.82, 2.24) is 4.98 Å². The zero-order valence-corrected chi connectivity index (χ0v) is 18.2. The molecule has 3 aromatic rings. The predicted octanol–water partition coefficient (Wildman–Crippen LogP) is 5.44. The van der Waals surface area contributed by atoms with Crippen molar-refractivity contribution < 1.29 is 14.3 Å². The van der Waals surface area contributed by atoms with Crippen LogP contribution >= 0.6 is 11.3 Å². The number of ether oxygens (including phenoxy) is 2. The molecule has 0 unspecified atom stereocenters. The van der Waals surface area contributed by atoms with Crippen molar-refractivity contribution in [3.63, 3.8) is 0 Å². The molecule has 2 aromatic carbocycles. The van der Waals surface area contributed by atoms with Crippen LogP contribution in [0.4, 0.5) is 5.13 Å². The number of amides is 1. The van der Waals surface area contributed by atoms with Gasteiger partial charge in [-0.3, -0.25) is 10.1 Å². The molecule has 5 nitrogen and oxygen atoms in total. The van der Waals surface area contributed by atoms with Gasteiger partial charge in [0.1, 0.15) is 11.5 Å². The molecule has 1 N–H and O–H groups in total. The molecule has 0 bridgehead atoms. The van der Waals surface area contributed by atoms with Crippen LogP contribution in [0.25, 0.3) is 11.3 Å². The second-order valence-corrected chi connectivity index (χ2v) is 8.68. The second kappa shape index (κ2) is 8.66. The highest BCUT2D eigenvalue weighted by molar-refractivity contribution is 7.14. The van der Waals surface area contributed by atoms with Crippen molar-refractivity contribution >= 4 is 22.4 Å². The number of hydrogen-bond acceptors (Lipinski definition) is 5. The zero-order chi connectivity index (χ0) is 21.0. The highest BCUT2D eigenvalue weighted by atomic mass is 32.1. The standard InChI is InChI=1S/C23H26N2O3S/c1-15-10-11-20(17(12-15)23(2,3)4)28-13-21(26)25-22-24-18(14-29-22)16-8-6-7-9-19(16)27-5/h6-12,14H,13H2,1-5H3,(H,24,25,26). The number of benzene rings is 2. The Labute approximate surface area is 175 Å². The Morgan fingerprint density at radius 3 is 2.62 bits per heavy atom. The van der Waals surface area contributed by atoms with E-state index in [2.05, 4.69) is 37.1 Å². The Morgan fingerprint density at radius 1 is 1.14 bits per heavy atom. The summed E-state index contributed by atoms with van der Waals surface area (Å²) in [6, 6.07) is 13.7. The smallest absolute Gasteiger partial charge is 0.264 e. The Bertz CT molecular complexity index is 1010. The Morgan fingerprint density at radius 2 is 1.90 bits per heavy atom. The van der Waals surface area contributed by atoms with E-state index in [-0.39, 0.29) is 17.9 Å². The first-order valence-corrected chi connectivity index (χ1v) is 10.3. The van der Waals surface area contributed by atoms with E-state index in [9.17, 15) is 4.79 Å². The molecule has 0 saturated carbocycles. The Kier molecular flexibility index (Phi) is 6.23. The molecule has 1 heterocycles. The number of carbonyl (C=O) groups excluding carboxylic acids is 1. The number of hydrogen-bond donors (Lipinski definition) is 1. The first kappa shape index (κ1) is 20.9. The van der Waals surface area contributed by atoms with Crippen LogP contribution in [-0.4, -0.2) is 24.6 Å². The van der Waals surface area contributed by atoms with Crippen LogP contribution in [0.15, 0.2) is 47.8 Å². The van der Waals surface area contributed by atoms with E-state index >= 15 is 0 Å². The van der Waals surface area contributed by atoms with Crippen LogP contribution < -0.4 is 14.8 Å². The molecule has 0 saturated heterocycles. The van der Waals surface area contributed by atoms with Crippen molar-refractivity contribution in [1.29, 1.82) is 0 Å². The lowest BCUT2D eigenvalue weighted by molar-refractivity contribution is -0.118. The third kappa shape index (κ3) is 5.15. The lowest BCUT2D eigenvalue weighted by Gasteiger charge is -2.23. The maximum atomic E-state index is 12.4. The third-order valence-electron chi connectivity index (χ3n) is 4.44. The van der Waals surface area contributed by atoms with Crippen molar-refractivity contribution in [3.8, 4) is 22.8 Å². The van der Waals surface area contributed by atoms with Gasteiger partial charge in [0, 0.05) is 10.9 Å². The number of nitrogens with one attached hydrogen (secondary N) is 1. The van der Waals surface area contributed by atoms with E-state index in [0.29, 0.717) is 5.13 Å². The quantitative estimate of drug-likeness (QED) is 0.588. The average Bonchev–Trinajstić information content (AvgIpc) is 3.14. The van der Waals surface area contributed by atoms with Crippen molar-refractivity contribution in [3.05, 3.63) is 59.0 Å². The SMILES string of the molecule is COc1ccccc1-c1csc(NC(=O)COc2ccc(C)cc2C(C)(C)C)n1. The van der Waals surface area contributed by atoms with E-state index in [4.69, 9.17) is 9.47 Å². The number of para-hydroxylation sites is 1. The summed E-state index contributed by atoms with van der Waals surface area (Å²) in [5.74, 6) is 1.23. The highest BCUT2D eigenvalue weighted by Crippen LogP contribution is 2.33. The summed E-state index contributed by atoms with van der Waals surface area (Å²) >= 11 is 1.37. The molecule has 1 aromatic heterocycles. The molecule has 0 aliphatic rings. The maximum absolute atomic E-state index is 12.4. The van der Waals surface area contributed by atoms with Gasteiger partial charge in [-0.25, -0.2) is 4.98 Å². The molecule has 6 heteroatoms. The van der Waals surface area contributed by atoms with Crippen LogP contribution in [0.2, 0.25) is 0 Å². The van der Waals surface area contributed by atoms with E-state index < -0.39 is 0 Å². The largest absolute Gasteiger partial charge is 0.496 e. The second-order valence-electron chi connectivity index (χ2n) is 7.82. The summed E-state index contributed by atoms with van der Waals surface area (Å²) < 4.78 is 11.2. The van der Waals surface area contributed by atoms with Gasteiger partial charge in [-0.2, -0.15) is 0 Å². The van der Waals surface area contributed by atoms with E-state index in [1.807, 2.05) is 48.7 Å². The molecule has 0 aliphatic carbocycles. The number of anilines is 1. The van der Waals surface area contributed by atoms with Crippen LogP contribution in [0.5, 0.6) is 11.5 Å². The molecule has 152 valence electrons. The lowest BCUT2D eigenvalue weighted by Crippen LogP contribution is -2.22. The Hall–Kier alpha value is -2.86. The summed E-state index contributed by atoms with van der Waals surface area (Å²) in [7, 11) is 1.63. The molecule has 3 rings (SSSR count). The molecule has 29 heavy (non-hydrogen) atoms. The van der Waals surface area contributed by atoms with Crippen LogP contribution in [0.3, 0.4) is 0 Å². The van der Waals surface area contributed by atoms with Gasteiger partial charge in [-0.15, -0.1) is 11.3 Å². The minimum atomic E-state index is -0.244. The van der Waals surface area contributed by atoms with E-state index in [1.165, 1.54) is 16.9 Å². The first-order chi connectivity index (χ1) is 13.8. The van der Waals surface area contributed by atoms with E-state index in [1.54, 1.807) is 7.11 Å². The van der Waals surface area contributed by atoms with Crippen LogP contribution in [-0.2, 0) is 10.2 Å². The maximum Gasteiger partial charge on any atom is 0.264 e. The molecule has 0 atom stereocenters. The van der Waals surface area contributed by atoms with Gasteiger partial charge in [0.2, 0.25) is 0 Å². The fourth-order valence-electron chi connectivity index (χ4n) is 2.97. The van der Waals surface area contributed by atoms with Crippen LogP contribution in [0.1, 0.15) is 31.9 Å². The molecule has 0 fully saturated rings. The van der Waals surface area contributed by atoms with Crippen LogP contribution in [0, 0.1) is 6.92 Å². The van der Waals surface area contributed by atoms with Gasteiger partial charge in [-0.05, 0) is 36.1 Å². The molecular formula is C23H26N2O3S. The number of carbonyl (C=O) groups is 1. The number of thiazole rings is 1. The van der Waals surface area contributed by atoms with E-state index in [0.717, 1.165) is 28.3 Å². The van der Waals surface area contributed by atoms with Gasteiger partial charge >= 0.3 is 0 Å². The van der Waals surface area contributed by atoms with Gasteiger partial charge in [0.25, 0.3) is 5.91 Å². The number of nitrogens with zero attached hydrogens (tertiary/aromatic N) is 1. The fraction of sp³-hybridized carbons (Fsp3) is 0.304. The summed E-state index contributed by atoms with van der Waals surface area (Å²) in [6.45, 7) is 8.36. The van der Waals surface area contributed by atoms with Gasteiger partial charge in [0.15, 0.2) is 11.7 Å². The van der Waals surface area contributed by atoms with Crippen molar-refractivity contribution in [2.24, 2.45) is 0 Å². The fourth-order valence-corrected chi connectivity index (χ4v) is 3.69. The topological polar surface area (TPSA) is 60.5 Å². The molecule has 0 aliphatic heterocycles. The minimum Gasteiger partial charge on any atom is -0.496 e. The summed E-state index contributed by atoms with van der Waals surface area (Å²) in [5, 5.41) is 5.23. The minimum absolute atomic E-state index is 0.0726. The van der Waals surface area contributed by atoms with Crippen molar-refractivity contribution in [2.75, 3.05) is 19.0 Å². The molecular weight excluding hydrogens is 384 g/mol. The molecule has 0 radical (unpaired) electrons. The number of aromatic nitrogens is 1. The number of aryl methyl sites for hydroxylation is 1. The number of rotatable bonds is 6.